The van der Waals surface area contributed by atoms with Crippen molar-refractivity contribution in [2.45, 2.75) is 25.7 Å². The smallest absolute Gasteiger partial charge is 0.223 e. The summed E-state index contributed by atoms with van der Waals surface area (Å²) in [5.41, 5.74) is 5.34. The van der Waals surface area contributed by atoms with Crippen LogP contribution in [-0.4, -0.2) is 17.4 Å². The van der Waals surface area contributed by atoms with Crippen molar-refractivity contribution in [2.75, 3.05) is 6.54 Å². The third kappa shape index (κ3) is 1.90. The topological polar surface area (TPSA) is 55.1 Å². The van der Waals surface area contributed by atoms with Gasteiger partial charge in [0, 0.05) is 18.9 Å². The molecule has 2 aliphatic carbocycles. The first-order chi connectivity index (χ1) is 6.70. The van der Waals surface area contributed by atoms with Gasteiger partial charge in [-0.1, -0.05) is 18.6 Å². The summed E-state index contributed by atoms with van der Waals surface area (Å²) in [6, 6.07) is 0. The van der Waals surface area contributed by atoms with Gasteiger partial charge in [0.05, 0.1) is 4.99 Å². The van der Waals surface area contributed by atoms with Gasteiger partial charge in [-0.2, -0.15) is 0 Å². The first-order valence-corrected chi connectivity index (χ1v) is 5.67. The summed E-state index contributed by atoms with van der Waals surface area (Å²) in [6.45, 7) is 0.601. The zero-order valence-electron chi connectivity index (χ0n) is 8.16. The van der Waals surface area contributed by atoms with Crippen LogP contribution in [0.1, 0.15) is 25.7 Å². The molecule has 0 radical (unpaired) electrons. The molecule has 0 heterocycles. The Balaban J connectivity index is 1.68. The van der Waals surface area contributed by atoms with Crippen LogP contribution in [-0.2, 0) is 4.79 Å². The van der Waals surface area contributed by atoms with Crippen LogP contribution in [0.5, 0.6) is 0 Å². The summed E-state index contributed by atoms with van der Waals surface area (Å²) in [4.78, 5) is 12.1. The standard InChI is InChI=1S/C10H16N2OS/c11-8(14)4-5-12-10(13)9-6-2-1-3-7(6)9/h6-7,9H,1-5H2,(H2,11,14)(H,12,13). The van der Waals surface area contributed by atoms with Crippen molar-refractivity contribution >= 4 is 23.1 Å². The molecule has 0 bridgehead atoms. The van der Waals surface area contributed by atoms with E-state index in [1.54, 1.807) is 0 Å². The van der Waals surface area contributed by atoms with Gasteiger partial charge in [-0.3, -0.25) is 4.79 Å². The van der Waals surface area contributed by atoms with Crippen molar-refractivity contribution in [3.8, 4) is 0 Å². The summed E-state index contributed by atoms with van der Waals surface area (Å²) >= 11 is 4.74. The summed E-state index contributed by atoms with van der Waals surface area (Å²) < 4.78 is 0. The van der Waals surface area contributed by atoms with Crippen LogP contribution < -0.4 is 11.1 Å². The molecular formula is C10H16N2OS. The summed E-state index contributed by atoms with van der Waals surface area (Å²) in [5.74, 6) is 1.92. The van der Waals surface area contributed by atoms with Gasteiger partial charge in [-0.05, 0) is 24.7 Å². The maximum atomic E-state index is 11.6. The van der Waals surface area contributed by atoms with Crippen molar-refractivity contribution in [1.29, 1.82) is 0 Å². The first kappa shape index (κ1) is 9.90. The normalized spacial score (nSPS) is 33.6. The van der Waals surface area contributed by atoms with E-state index in [-0.39, 0.29) is 5.91 Å². The average Bonchev–Trinajstić information content (AvgIpc) is 2.60. The first-order valence-electron chi connectivity index (χ1n) is 5.26. The maximum Gasteiger partial charge on any atom is 0.223 e. The summed E-state index contributed by atoms with van der Waals surface area (Å²) in [6.07, 6.45) is 4.42. The van der Waals surface area contributed by atoms with Crippen molar-refractivity contribution in [1.82, 2.24) is 5.32 Å². The second-order valence-corrected chi connectivity index (χ2v) is 4.82. The van der Waals surface area contributed by atoms with Crippen LogP contribution >= 0.6 is 12.2 Å². The van der Waals surface area contributed by atoms with Gasteiger partial charge >= 0.3 is 0 Å². The molecule has 14 heavy (non-hydrogen) atoms. The number of fused-ring (bicyclic) bond motifs is 1. The van der Waals surface area contributed by atoms with Crippen LogP contribution in [0.4, 0.5) is 0 Å². The number of amides is 1. The molecule has 2 rings (SSSR count). The average molecular weight is 212 g/mol. The van der Waals surface area contributed by atoms with Crippen LogP contribution in [0.15, 0.2) is 0 Å². The van der Waals surface area contributed by atoms with E-state index in [0.717, 1.165) is 0 Å². The Morgan fingerprint density at radius 2 is 2.07 bits per heavy atom. The Morgan fingerprint density at radius 1 is 1.43 bits per heavy atom. The number of rotatable bonds is 4. The molecule has 78 valence electrons. The highest BCUT2D eigenvalue weighted by atomic mass is 32.1. The number of carbonyl (C=O) groups is 1. The Labute approximate surface area is 89.4 Å². The fourth-order valence-electron chi connectivity index (χ4n) is 2.64. The molecule has 3 nitrogen and oxygen atoms in total. The lowest BCUT2D eigenvalue weighted by Crippen LogP contribution is -2.29. The molecular weight excluding hydrogens is 196 g/mol. The monoisotopic (exact) mass is 212 g/mol. The van der Waals surface area contributed by atoms with Crippen LogP contribution in [0.25, 0.3) is 0 Å². The number of hydrogen-bond donors (Lipinski definition) is 2. The van der Waals surface area contributed by atoms with Crippen molar-refractivity contribution in [3.05, 3.63) is 0 Å². The van der Waals surface area contributed by atoms with Crippen LogP contribution in [0.3, 0.4) is 0 Å². The van der Waals surface area contributed by atoms with Gasteiger partial charge < -0.3 is 11.1 Å². The van der Waals surface area contributed by atoms with E-state index in [4.69, 9.17) is 18.0 Å². The second kappa shape index (κ2) is 3.85. The van der Waals surface area contributed by atoms with Gasteiger partial charge in [0.2, 0.25) is 5.91 Å². The van der Waals surface area contributed by atoms with Crippen molar-refractivity contribution in [3.63, 3.8) is 0 Å². The molecule has 4 heteroatoms. The molecule has 0 aromatic rings. The summed E-state index contributed by atoms with van der Waals surface area (Å²) in [7, 11) is 0. The van der Waals surface area contributed by atoms with Crippen molar-refractivity contribution < 1.29 is 4.79 Å². The van der Waals surface area contributed by atoms with Crippen LogP contribution in [0, 0.1) is 17.8 Å². The number of thiocarbonyl (C=S) groups is 1. The molecule has 0 spiro atoms. The van der Waals surface area contributed by atoms with E-state index in [1.165, 1.54) is 19.3 Å². The molecule has 2 saturated carbocycles. The minimum Gasteiger partial charge on any atom is -0.393 e. The lowest BCUT2D eigenvalue weighted by Gasteiger charge is -2.05. The molecule has 2 aliphatic rings. The fraction of sp³-hybridized carbons (Fsp3) is 0.800. The molecule has 0 saturated heterocycles. The zero-order valence-corrected chi connectivity index (χ0v) is 8.98. The molecule has 1 amide bonds. The molecule has 2 unspecified atom stereocenters. The van der Waals surface area contributed by atoms with E-state index in [1.807, 2.05) is 0 Å². The summed E-state index contributed by atoms with van der Waals surface area (Å²) in [5, 5.41) is 2.90. The highest BCUT2D eigenvalue weighted by Crippen LogP contribution is 2.57. The fourth-order valence-corrected chi connectivity index (χ4v) is 2.74. The number of carbonyl (C=O) groups excluding carboxylic acids is 1. The predicted molar refractivity (Wildman–Crippen MR) is 58.7 cm³/mol. The lowest BCUT2D eigenvalue weighted by atomic mass is 10.1. The third-order valence-corrected chi connectivity index (χ3v) is 3.58. The Morgan fingerprint density at radius 3 is 2.64 bits per heavy atom. The molecule has 3 N–H and O–H groups in total. The minimum atomic E-state index is 0.218. The van der Waals surface area contributed by atoms with Crippen molar-refractivity contribution in [2.24, 2.45) is 23.5 Å². The Bertz CT molecular complexity index is 257. The number of hydrogen-bond acceptors (Lipinski definition) is 2. The van der Waals surface area contributed by atoms with E-state index in [0.29, 0.717) is 35.7 Å². The number of nitrogens with one attached hydrogen (secondary N) is 1. The quantitative estimate of drug-likeness (QED) is 0.679. The van der Waals surface area contributed by atoms with Gasteiger partial charge in [0.1, 0.15) is 0 Å². The van der Waals surface area contributed by atoms with E-state index < -0.39 is 0 Å². The van der Waals surface area contributed by atoms with Gasteiger partial charge in [0.15, 0.2) is 0 Å². The molecule has 0 aromatic heterocycles. The predicted octanol–water partition coefficient (Wildman–Crippen LogP) is 0.825. The second-order valence-electron chi connectivity index (χ2n) is 4.29. The van der Waals surface area contributed by atoms with E-state index in [9.17, 15) is 4.79 Å². The Kier molecular flexibility index (Phi) is 2.72. The third-order valence-electron chi connectivity index (χ3n) is 3.38. The molecule has 0 aromatic carbocycles. The lowest BCUT2D eigenvalue weighted by molar-refractivity contribution is -0.123. The highest BCUT2D eigenvalue weighted by molar-refractivity contribution is 7.80. The molecule has 2 atom stereocenters. The van der Waals surface area contributed by atoms with Gasteiger partial charge in [0.25, 0.3) is 0 Å². The SMILES string of the molecule is NC(=S)CCNC(=O)C1C2CCCC21. The Hall–Kier alpha value is -0.640. The molecule has 2 fully saturated rings. The largest absolute Gasteiger partial charge is 0.393 e. The zero-order chi connectivity index (χ0) is 10.1. The minimum absolute atomic E-state index is 0.218. The van der Waals surface area contributed by atoms with Gasteiger partial charge in [-0.25, -0.2) is 0 Å². The maximum absolute atomic E-state index is 11.6. The van der Waals surface area contributed by atoms with E-state index in [2.05, 4.69) is 5.32 Å². The van der Waals surface area contributed by atoms with Crippen LogP contribution in [0.2, 0.25) is 0 Å². The van der Waals surface area contributed by atoms with E-state index >= 15 is 0 Å². The number of nitrogens with two attached hydrogens (primary N) is 1. The van der Waals surface area contributed by atoms with Gasteiger partial charge in [-0.15, -0.1) is 0 Å². The molecule has 0 aliphatic heterocycles. The highest BCUT2D eigenvalue weighted by Gasteiger charge is 2.56.